The van der Waals surface area contributed by atoms with Crippen LogP contribution in [-0.4, -0.2) is 60.6 Å². The molecule has 1 saturated heterocycles. The number of carbonyl (C=O) groups excluding carboxylic acids is 2. The summed E-state index contributed by atoms with van der Waals surface area (Å²) in [5.74, 6) is -0.0952. The Labute approximate surface area is 137 Å². The molecule has 0 radical (unpaired) electrons. The third-order valence-corrected chi connectivity index (χ3v) is 3.62. The molecule has 1 aliphatic rings. The van der Waals surface area contributed by atoms with Crippen LogP contribution in [0, 0.1) is 0 Å². The Bertz CT molecular complexity index is 599. The number of ether oxygens (including phenoxy) is 1. The van der Waals surface area contributed by atoms with Crippen molar-refractivity contribution in [3.8, 4) is 0 Å². The number of carbonyl (C=O) groups is 2. The molecule has 1 heterocycles. The van der Waals surface area contributed by atoms with E-state index in [-0.39, 0.29) is 23.6 Å². The molecule has 0 saturated carbocycles. The van der Waals surface area contributed by atoms with Gasteiger partial charge >= 0.3 is 6.03 Å². The van der Waals surface area contributed by atoms with Crippen LogP contribution in [0.1, 0.15) is 31.1 Å². The number of nitrogens with zero attached hydrogens (tertiary/aromatic N) is 2. The molecule has 0 spiro atoms. The van der Waals surface area contributed by atoms with Gasteiger partial charge in [0.2, 0.25) is 0 Å². The predicted octanol–water partition coefficient (Wildman–Crippen LogP) is 2.42. The Kier molecular flexibility index (Phi) is 4.94. The molecule has 1 fully saturated rings. The van der Waals surface area contributed by atoms with Gasteiger partial charge in [0.05, 0.1) is 18.2 Å². The van der Waals surface area contributed by atoms with E-state index in [1.165, 1.54) is 4.90 Å². The van der Waals surface area contributed by atoms with Gasteiger partial charge in [0.15, 0.2) is 0 Å². The summed E-state index contributed by atoms with van der Waals surface area (Å²) in [7, 11) is 3.40. The number of rotatable bonds is 2. The SMILES string of the molecule is CC1CN(C(=O)Nc2cccc(C(=O)N(C)C)c2)CC(C)(C)O1. The zero-order valence-corrected chi connectivity index (χ0v) is 14.4. The first kappa shape index (κ1) is 17.3. The van der Waals surface area contributed by atoms with Crippen LogP contribution in [0.25, 0.3) is 0 Å². The first-order chi connectivity index (χ1) is 10.7. The first-order valence-corrected chi connectivity index (χ1v) is 7.73. The van der Waals surface area contributed by atoms with Gasteiger partial charge < -0.3 is 19.9 Å². The minimum atomic E-state index is -0.363. The van der Waals surface area contributed by atoms with Crippen molar-refractivity contribution in [3.05, 3.63) is 29.8 Å². The molecule has 0 aliphatic carbocycles. The van der Waals surface area contributed by atoms with E-state index in [1.54, 1.807) is 43.3 Å². The van der Waals surface area contributed by atoms with Crippen molar-refractivity contribution < 1.29 is 14.3 Å². The molecule has 3 amide bonds. The van der Waals surface area contributed by atoms with E-state index in [0.29, 0.717) is 24.3 Å². The second-order valence-electron chi connectivity index (χ2n) is 6.78. The summed E-state index contributed by atoms with van der Waals surface area (Å²) in [5.41, 5.74) is 0.792. The summed E-state index contributed by atoms with van der Waals surface area (Å²) >= 11 is 0. The average Bonchev–Trinajstić information content (AvgIpc) is 2.44. The highest BCUT2D eigenvalue weighted by molar-refractivity contribution is 5.96. The molecular formula is C17H25N3O3. The summed E-state index contributed by atoms with van der Waals surface area (Å²) in [6.07, 6.45) is -0.00819. The normalized spacial score (nSPS) is 20.0. The Morgan fingerprint density at radius 3 is 2.65 bits per heavy atom. The van der Waals surface area contributed by atoms with Gasteiger partial charge in [-0.05, 0) is 39.0 Å². The summed E-state index contributed by atoms with van der Waals surface area (Å²) in [6, 6.07) is 6.78. The molecule has 1 N–H and O–H groups in total. The smallest absolute Gasteiger partial charge is 0.322 e. The van der Waals surface area contributed by atoms with Crippen molar-refractivity contribution in [2.24, 2.45) is 0 Å². The highest BCUT2D eigenvalue weighted by Gasteiger charge is 2.33. The Morgan fingerprint density at radius 2 is 2.04 bits per heavy atom. The number of anilines is 1. The van der Waals surface area contributed by atoms with Crippen LogP contribution in [0.3, 0.4) is 0 Å². The van der Waals surface area contributed by atoms with Crippen molar-refractivity contribution in [1.82, 2.24) is 9.80 Å². The van der Waals surface area contributed by atoms with E-state index in [0.717, 1.165) is 0 Å². The standard InChI is InChI=1S/C17H25N3O3/c1-12-10-20(11-17(2,3)23-12)16(22)18-14-8-6-7-13(9-14)15(21)19(4)5/h6-9,12H,10-11H2,1-5H3,(H,18,22). The summed E-state index contributed by atoms with van der Waals surface area (Å²) < 4.78 is 5.81. The molecule has 0 bridgehead atoms. The molecule has 1 aliphatic heterocycles. The summed E-state index contributed by atoms with van der Waals surface area (Å²) in [4.78, 5) is 27.7. The highest BCUT2D eigenvalue weighted by atomic mass is 16.5. The maximum Gasteiger partial charge on any atom is 0.322 e. The van der Waals surface area contributed by atoms with Crippen molar-refractivity contribution in [2.75, 3.05) is 32.5 Å². The van der Waals surface area contributed by atoms with Crippen LogP contribution in [0.15, 0.2) is 24.3 Å². The van der Waals surface area contributed by atoms with Crippen LogP contribution < -0.4 is 5.32 Å². The van der Waals surface area contributed by atoms with Gasteiger partial charge in [0.1, 0.15) is 0 Å². The Balaban J connectivity index is 2.08. The number of benzene rings is 1. The van der Waals surface area contributed by atoms with E-state index in [2.05, 4.69) is 5.32 Å². The summed E-state index contributed by atoms with van der Waals surface area (Å²) in [5, 5.41) is 2.86. The molecule has 1 atom stereocenters. The molecular weight excluding hydrogens is 294 g/mol. The lowest BCUT2D eigenvalue weighted by Gasteiger charge is -2.41. The lowest BCUT2D eigenvalue weighted by Crippen LogP contribution is -2.54. The van der Waals surface area contributed by atoms with Crippen molar-refractivity contribution in [3.63, 3.8) is 0 Å². The van der Waals surface area contributed by atoms with Gasteiger partial charge in [-0.2, -0.15) is 0 Å². The number of hydrogen-bond donors (Lipinski definition) is 1. The number of morpholine rings is 1. The van der Waals surface area contributed by atoms with E-state index in [1.807, 2.05) is 20.8 Å². The predicted molar refractivity (Wildman–Crippen MR) is 89.7 cm³/mol. The lowest BCUT2D eigenvalue weighted by atomic mass is 10.1. The quantitative estimate of drug-likeness (QED) is 0.910. The fourth-order valence-electron chi connectivity index (χ4n) is 2.80. The average molecular weight is 319 g/mol. The molecule has 6 nitrogen and oxygen atoms in total. The second kappa shape index (κ2) is 6.58. The number of hydrogen-bond acceptors (Lipinski definition) is 3. The molecule has 126 valence electrons. The third-order valence-electron chi connectivity index (χ3n) is 3.62. The maximum absolute atomic E-state index is 12.5. The van der Waals surface area contributed by atoms with Crippen molar-refractivity contribution in [2.45, 2.75) is 32.5 Å². The van der Waals surface area contributed by atoms with Crippen LogP contribution >= 0.6 is 0 Å². The van der Waals surface area contributed by atoms with Crippen LogP contribution in [-0.2, 0) is 4.74 Å². The first-order valence-electron chi connectivity index (χ1n) is 7.73. The van der Waals surface area contributed by atoms with Gasteiger partial charge in [-0.25, -0.2) is 4.79 Å². The van der Waals surface area contributed by atoms with E-state index >= 15 is 0 Å². The van der Waals surface area contributed by atoms with E-state index in [4.69, 9.17) is 4.74 Å². The van der Waals surface area contributed by atoms with E-state index in [9.17, 15) is 9.59 Å². The summed E-state index contributed by atoms with van der Waals surface area (Å²) in [6.45, 7) is 6.97. The third kappa shape index (κ3) is 4.45. The second-order valence-corrected chi connectivity index (χ2v) is 6.78. The number of urea groups is 1. The monoisotopic (exact) mass is 319 g/mol. The topological polar surface area (TPSA) is 61.9 Å². The van der Waals surface area contributed by atoms with Gasteiger partial charge in [-0.15, -0.1) is 0 Å². The van der Waals surface area contributed by atoms with Crippen LogP contribution in [0.2, 0.25) is 0 Å². The van der Waals surface area contributed by atoms with Crippen molar-refractivity contribution >= 4 is 17.6 Å². The maximum atomic E-state index is 12.5. The van der Waals surface area contributed by atoms with Crippen LogP contribution in [0.4, 0.5) is 10.5 Å². The van der Waals surface area contributed by atoms with Crippen LogP contribution in [0.5, 0.6) is 0 Å². The zero-order chi connectivity index (χ0) is 17.2. The Hall–Kier alpha value is -2.08. The Morgan fingerprint density at radius 1 is 1.35 bits per heavy atom. The van der Waals surface area contributed by atoms with Gasteiger partial charge in [0, 0.05) is 31.9 Å². The molecule has 23 heavy (non-hydrogen) atoms. The van der Waals surface area contributed by atoms with Gasteiger partial charge in [-0.3, -0.25) is 4.79 Å². The minimum absolute atomic E-state index is 0.00819. The fraction of sp³-hybridized carbons (Fsp3) is 0.529. The van der Waals surface area contributed by atoms with Gasteiger partial charge in [-0.1, -0.05) is 6.07 Å². The van der Waals surface area contributed by atoms with Crippen molar-refractivity contribution in [1.29, 1.82) is 0 Å². The van der Waals surface area contributed by atoms with Gasteiger partial charge in [0.25, 0.3) is 5.91 Å². The fourth-order valence-corrected chi connectivity index (χ4v) is 2.80. The molecule has 1 aromatic carbocycles. The minimum Gasteiger partial charge on any atom is -0.369 e. The lowest BCUT2D eigenvalue weighted by molar-refractivity contribution is -0.116. The zero-order valence-electron chi connectivity index (χ0n) is 14.4. The molecule has 2 rings (SSSR count). The molecule has 1 aromatic rings. The molecule has 1 unspecified atom stereocenters. The number of amides is 3. The molecule has 0 aromatic heterocycles. The molecule has 6 heteroatoms. The van der Waals surface area contributed by atoms with E-state index < -0.39 is 0 Å². The number of nitrogens with one attached hydrogen (secondary N) is 1. The largest absolute Gasteiger partial charge is 0.369 e. The highest BCUT2D eigenvalue weighted by Crippen LogP contribution is 2.22.